The zero-order chi connectivity index (χ0) is 26.5. The average Bonchev–Trinajstić information content (AvgIpc) is 3.40. The highest BCUT2D eigenvalue weighted by atomic mass is 32.2. The molecule has 0 bridgehead atoms. The molecule has 194 valence electrons. The Kier molecular flexibility index (Phi) is 8.11. The maximum absolute atomic E-state index is 13.1. The van der Waals surface area contributed by atoms with E-state index in [1.165, 1.54) is 17.4 Å². The zero-order valence-corrected chi connectivity index (χ0v) is 21.9. The van der Waals surface area contributed by atoms with Gasteiger partial charge in [0.05, 0.1) is 19.3 Å². The first kappa shape index (κ1) is 26.6. The number of benzene rings is 2. The minimum Gasteiger partial charge on any atom is -0.497 e. The number of thiophene rings is 1. The summed E-state index contributed by atoms with van der Waals surface area (Å²) in [6, 6.07) is 18.2. The predicted molar refractivity (Wildman–Crippen MR) is 144 cm³/mol. The number of ether oxygens (including phenoxy) is 1. The highest BCUT2D eigenvalue weighted by Crippen LogP contribution is 2.47. The van der Waals surface area contributed by atoms with E-state index < -0.39 is 20.5 Å². The molecule has 1 atom stereocenters. The number of rotatable bonds is 8. The Labute approximate surface area is 219 Å². The molecule has 0 saturated carbocycles. The number of nitrogens with one attached hydrogen (secondary N) is 2. The molecule has 2 amide bonds. The van der Waals surface area contributed by atoms with E-state index in [0.29, 0.717) is 35.6 Å². The Morgan fingerprint density at radius 1 is 1.05 bits per heavy atom. The summed E-state index contributed by atoms with van der Waals surface area (Å²) in [5.74, 6) is -0.250. The average molecular weight is 541 g/mol. The van der Waals surface area contributed by atoms with E-state index in [1.54, 1.807) is 49.0 Å². The molecule has 10 heteroatoms. The lowest BCUT2D eigenvalue weighted by molar-refractivity contribution is -0.130. The lowest BCUT2D eigenvalue weighted by Gasteiger charge is -2.35. The van der Waals surface area contributed by atoms with Crippen LogP contribution in [0.25, 0.3) is 16.5 Å². The van der Waals surface area contributed by atoms with Crippen molar-refractivity contribution in [3.8, 4) is 16.2 Å². The van der Waals surface area contributed by atoms with E-state index in [0.717, 1.165) is 16.0 Å². The molecule has 3 aromatic rings. The SMILES string of the molecule is COc1ccc(NC(=O)/C=C/c2ccc(-c3ccc([C@@]4(CC(=O)NO)CCCCS4(=O)=O)s3)cc2)cc1. The van der Waals surface area contributed by atoms with Gasteiger partial charge >= 0.3 is 0 Å². The Balaban J connectivity index is 1.48. The third-order valence-corrected chi connectivity index (χ3v) is 10.5. The van der Waals surface area contributed by atoms with Gasteiger partial charge < -0.3 is 10.1 Å². The molecule has 0 aliphatic carbocycles. The van der Waals surface area contributed by atoms with Crippen molar-refractivity contribution in [3.63, 3.8) is 0 Å². The smallest absolute Gasteiger partial charge is 0.248 e. The first-order valence-electron chi connectivity index (χ1n) is 11.8. The monoisotopic (exact) mass is 540 g/mol. The summed E-state index contributed by atoms with van der Waals surface area (Å²) in [7, 11) is -2.00. The second-order valence-corrected chi connectivity index (χ2v) is 12.3. The molecule has 1 aliphatic rings. The summed E-state index contributed by atoms with van der Waals surface area (Å²) in [5, 5.41) is 11.8. The molecule has 1 saturated heterocycles. The summed E-state index contributed by atoms with van der Waals surface area (Å²) in [5.41, 5.74) is 3.97. The highest BCUT2D eigenvalue weighted by Gasteiger charge is 2.49. The molecular formula is C27H28N2O6S2. The predicted octanol–water partition coefficient (Wildman–Crippen LogP) is 4.77. The van der Waals surface area contributed by atoms with E-state index >= 15 is 0 Å². The van der Waals surface area contributed by atoms with Gasteiger partial charge in [0.2, 0.25) is 11.8 Å². The van der Waals surface area contributed by atoms with Crippen LogP contribution in [-0.4, -0.2) is 38.3 Å². The largest absolute Gasteiger partial charge is 0.497 e. The minimum atomic E-state index is -3.58. The molecule has 2 heterocycles. The third kappa shape index (κ3) is 5.93. The maximum Gasteiger partial charge on any atom is 0.248 e. The number of hydroxylamine groups is 1. The van der Waals surface area contributed by atoms with Crippen molar-refractivity contribution in [1.82, 2.24) is 5.48 Å². The Hall–Kier alpha value is -3.47. The van der Waals surface area contributed by atoms with Gasteiger partial charge in [0.1, 0.15) is 10.5 Å². The third-order valence-electron chi connectivity index (χ3n) is 6.44. The van der Waals surface area contributed by atoms with Gasteiger partial charge in [-0.1, -0.05) is 30.7 Å². The quantitative estimate of drug-likeness (QED) is 0.215. The summed E-state index contributed by atoms with van der Waals surface area (Å²) in [4.78, 5) is 25.7. The molecule has 3 N–H and O–H groups in total. The fourth-order valence-corrected chi connectivity index (χ4v) is 8.23. The molecule has 0 spiro atoms. The minimum absolute atomic E-state index is 0.0199. The van der Waals surface area contributed by atoms with Gasteiger partial charge in [0.25, 0.3) is 0 Å². The molecule has 0 radical (unpaired) electrons. The molecule has 8 nitrogen and oxygen atoms in total. The molecule has 37 heavy (non-hydrogen) atoms. The van der Waals surface area contributed by atoms with Crippen molar-refractivity contribution < 1.29 is 28.0 Å². The van der Waals surface area contributed by atoms with Crippen LogP contribution in [0, 0.1) is 0 Å². The van der Waals surface area contributed by atoms with Gasteiger partial charge in [-0.2, -0.15) is 0 Å². The fourth-order valence-electron chi connectivity index (χ4n) is 4.44. The van der Waals surface area contributed by atoms with E-state index in [4.69, 9.17) is 9.94 Å². The van der Waals surface area contributed by atoms with Crippen molar-refractivity contribution in [3.05, 3.63) is 77.2 Å². The number of anilines is 1. The van der Waals surface area contributed by atoms with Crippen LogP contribution < -0.4 is 15.5 Å². The first-order chi connectivity index (χ1) is 17.8. The number of amides is 2. The summed E-state index contributed by atoms with van der Waals surface area (Å²) in [6.07, 6.45) is 4.44. The topological polar surface area (TPSA) is 122 Å². The van der Waals surface area contributed by atoms with Gasteiger partial charge in [-0.3, -0.25) is 14.8 Å². The van der Waals surface area contributed by atoms with Gasteiger partial charge in [-0.15, -0.1) is 11.3 Å². The van der Waals surface area contributed by atoms with Crippen LogP contribution in [0.5, 0.6) is 5.75 Å². The van der Waals surface area contributed by atoms with Gasteiger partial charge in [-0.25, -0.2) is 13.9 Å². The van der Waals surface area contributed by atoms with E-state index in [9.17, 15) is 18.0 Å². The Morgan fingerprint density at radius 2 is 1.78 bits per heavy atom. The second-order valence-electron chi connectivity index (χ2n) is 8.82. The molecule has 4 rings (SSSR count). The Bertz CT molecular complexity index is 1400. The summed E-state index contributed by atoms with van der Waals surface area (Å²) in [6.45, 7) is 0. The maximum atomic E-state index is 13.1. The lowest BCUT2D eigenvalue weighted by Crippen LogP contribution is -2.43. The number of methoxy groups -OCH3 is 1. The number of hydrogen-bond donors (Lipinski definition) is 3. The van der Waals surface area contributed by atoms with E-state index in [-0.39, 0.29) is 18.1 Å². The van der Waals surface area contributed by atoms with Gasteiger partial charge in [0, 0.05) is 21.5 Å². The van der Waals surface area contributed by atoms with Crippen molar-refractivity contribution in [2.24, 2.45) is 0 Å². The van der Waals surface area contributed by atoms with Gasteiger partial charge in [0.15, 0.2) is 9.84 Å². The van der Waals surface area contributed by atoms with E-state index in [1.807, 2.05) is 30.3 Å². The van der Waals surface area contributed by atoms with Crippen molar-refractivity contribution in [1.29, 1.82) is 0 Å². The van der Waals surface area contributed by atoms with Crippen LogP contribution in [-0.2, 0) is 24.2 Å². The molecule has 0 unspecified atom stereocenters. The van der Waals surface area contributed by atoms with Crippen molar-refractivity contribution in [2.45, 2.75) is 30.4 Å². The normalized spacial score (nSPS) is 18.9. The second kappa shape index (κ2) is 11.3. The Morgan fingerprint density at radius 3 is 2.43 bits per heavy atom. The van der Waals surface area contributed by atoms with Gasteiger partial charge in [-0.05, 0) is 66.4 Å². The molecule has 1 aromatic heterocycles. The molecular weight excluding hydrogens is 512 g/mol. The fraction of sp³-hybridized carbons (Fsp3) is 0.259. The van der Waals surface area contributed by atoms with Crippen molar-refractivity contribution >= 4 is 44.8 Å². The number of sulfone groups is 1. The summed E-state index contributed by atoms with van der Waals surface area (Å²) >= 11 is 1.34. The number of carbonyl (C=O) groups is 2. The number of carbonyl (C=O) groups excluding carboxylic acids is 2. The van der Waals surface area contributed by atoms with Crippen LogP contribution in [0.1, 0.15) is 36.1 Å². The molecule has 1 aliphatic heterocycles. The molecule has 1 fully saturated rings. The standard InChI is InChI=1S/C27H28N2O6S2/c1-35-22-11-9-21(10-12-22)28-25(30)15-6-19-4-7-20(8-5-19)23-13-14-24(36-23)27(18-26(31)29-32)16-2-3-17-37(27,33)34/h4-15,32H,2-3,16-18H2,1H3,(H,28,30)(H,29,31)/b15-6+/t27-/m0/s1. The van der Waals surface area contributed by atoms with Crippen molar-refractivity contribution in [2.75, 3.05) is 18.2 Å². The van der Waals surface area contributed by atoms with Crippen LogP contribution in [0.3, 0.4) is 0 Å². The summed E-state index contributed by atoms with van der Waals surface area (Å²) < 4.78 is 30.0. The first-order valence-corrected chi connectivity index (χ1v) is 14.2. The molecule has 2 aromatic carbocycles. The van der Waals surface area contributed by atoms with Crippen LogP contribution in [0.4, 0.5) is 5.69 Å². The van der Waals surface area contributed by atoms with Crippen LogP contribution >= 0.6 is 11.3 Å². The number of hydrogen-bond acceptors (Lipinski definition) is 7. The highest BCUT2D eigenvalue weighted by molar-refractivity contribution is 7.92. The zero-order valence-electron chi connectivity index (χ0n) is 20.3. The van der Waals surface area contributed by atoms with E-state index in [2.05, 4.69) is 5.32 Å². The van der Waals surface area contributed by atoms with Crippen LogP contribution in [0.15, 0.2) is 66.7 Å². The lowest BCUT2D eigenvalue weighted by atomic mass is 9.94. The van der Waals surface area contributed by atoms with Crippen LogP contribution in [0.2, 0.25) is 0 Å².